The number of hydrogen-bond acceptors (Lipinski definition) is 7. The summed E-state index contributed by atoms with van der Waals surface area (Å²) in [7, 11) is 7.88. The van der Waals surface area contributed by atoms with E-state index in [0.29, 0.717) is 49.0 Å². The van der Waals surface area contributed by atoms with Gasteiger partial charge < -0.3 is 29.3 Å². The molecule has 0 saturated carbocycles. The Kier molecular flexibility index (Phi) is 8.92. The molecular formula is C21H32N4O6. The van der Waals surface area contributed by atoms with E-state index in [2.05, 4.69) is 5.32 Å². The minimum absolute atomic E-state index is 0.0392. The van der Waals surface area contributed by atoms with E-state index in [9.17, 15) is 14.4 Å². The number of likely N-dealkylation sites (N-methyl/N-ethyl adjacent to an activating group) is 1. The maximum absolute atomic E-state index is 12.6. The Morgan fingerprint density at radius 1 is 0.968 bits per heavy atom. The summed E-state index contributed by atoms with van der Waals surface area (Å²) in [6, 6.07) is 3.07. The van der Waals surface area contributed by atoms with E-state index < -0.39 is 5.91 Å². The third-order valence-corrected chi connectivity index (χ3v) is 5.13. The Hall–Kier alpha value is -3.01. The van der Waals surface area contributed by atoms with Crippen LogP contribution in [-0.2, 0) is 9.59 Å². The molecule has 2 rings (SSSR count). The lowest BCUT2D eigenvalue weighted by atomic mass is 10.1. The van der Waals surface area contributed by atoms with Crippen LogP contribution in [0.1, 0.15) is 16.8 Å². The van der Waals surface area contributed by atoms with E-state index in [4.69, 9.17) is 14.2 Å². The molecule has 0 atom stereocenters. The van der Waals surface area contributed by atoms with Crippen LogP contribution in [0.25, 0.3) is 0 Å². The average Bonchev–Trinajstić information content (AvgIpc) is 3.01. The molecule has 0 radical (unpaired) electrons. The van der Waals surface area contributed by atoms with E-state index in [-0.39, 0.29) is 18.4 Å². The lowest BCUT2D eigenvalue weighted by Crippen LogP contribution is -2.43. The highest BCUT2D eigenvalue weighted by molar-refractivity contribution is 5.97. The summed E-state index contributed by atoms with van der Waals surface area (Å²) in [5.74, 6) is 0.565. The second kappa shape index (κ2) is 11.4. The normalized spacial score (nSPS) is 14.4. The fourth-order valence-corrected chi connectivity index (χ4v) is 3.29. The zero-order chi connectivity index (χ0) is 23.0. The van der Waals surface area contributed by atoms with E-state index >= 15 is 0 Å². The minimum atomic E-state index is -0.416. The summed E-state index contributed by atoms with van der Waals surface area (Å²) in [6.45, 7) is 2.69. The van der Waals surface area contributed by atoms with Crippen LogP contribution < -0.4 is 19.5 Å². The molecule has 1 fully saturated rings. The van der Waals surface area contributed by atoms with Crippen LogP contribution in [0.15, 0.2) is 12.1 Å². The largest absolute Gasteiger partial charge is 0.493 e. The molecule has 1 aromatic carbocycles. The van der Waals surface area contributed by atoms with Gasteiger partial charge in [-0.1, -0.05) is 0 Å². The molecule has 1 aliphatic heterocycles. The van der Waals surface area contributed by atoms with E-state index in [0.717, 1.165) is 13.0 Å². The Morgan fingerprint density at radius 2 is 1.61 bits per heavy atom. The van der Waals surface area contributed by atoms with E-state index in [1.807, 2.05) is 4.90 Å². The molecule has 10 nitrogen and oxygen atoms in total. The van der Waals surface area contributed by atoms with Crippen LogP contribution in [-0.4, -0.2) is 107 Å². The fourth-order valence-electron chi connectivity index (χ4n) is 3.29. The third kappa shape index (κ3) is 6.48. The van der Waals surface area contributed by atoms with Crippen LogP contribution in [0.4, 0.5) is 0 Å². The van der Waals surface area contributed by atoms with Crippen LogP contribution in [0.2, 0.25) is 0 Å². The van der Waals surface area contributed by atoms with Gasteiger partial charge in [0.2, 0.25) is 17.6 Å². The Morgan fingerprint density at radius 3 is 2.16 bits per heavy atom. The van der Waals surface area contributed by atoms with Gasteiger partial charge in [0, 0.05) is 45.8 Å². The highest BCUT2D eigenvalue weighted by atomic mass is 16.5. The standard InChI is InChI=1S/C21H32N4O6/c1-23(2)19(27)14-24-7-6-8-25(10-9-24)18(26)13-22-21(28)15-11-16(29-3)20(31-5)17(12-15)30-4/h11-12H,6-10,13-14H2,1-5H3,(H,22,28). The van der Waals surface area contributed by atoms with Gasteiger partial charge in [-0.15, -0.1) is 0 Å². The molecule has 172 valence electrons. The second-order valence-corrected chi connectivity index (χ2v) is 7.40. The second-order valence-electron chi connectivity index (χ2n) is 7.40. The molecule has 0 unspecified atom stereocenters. The van der Waals surface area contributed by atoms with Crippen molar-refractivity contribution in [2.24, 2.45) is 0 Å². The molecule has 0 bridgehead atoms. The number of rotatable bonds is 8. The number of carbonyl (C=O) groups is 3. The van der Waals surface area contributed by atoms with E-state index in [1.165, 1.54) is 33.5 Å². The molecule has 1 aliphatic rings. The first-order valence-corrected chi connectivity index (χ1v) is 10.1. The fraction of sp³-hybridized carbons (Fsp3) is 0.571. The van der Waals surface area contributed by atoms with Crippen molar-refractivity contribution in [2.45, 2.75) is 6.42 Å². The molecule has 1 heterocycles. The lowest BCUT2D eigenvalue weighted by molar-refractivity contribution is -0.130. The van der Waals surface area contributed by atoms with Crippen LogP contribution in [0, 0.1) is 0 Å². The molecule has 1 saturated heterocycles. The van der Waals surface area contributed by atoms with Gasteiger partial charge in [0.15, 0.2) is 11.5 Å². The predicted molar refractivity (Wildman–Crippen MR) is 115 cm³/mol. The van der Waals surface area contributed by atoms with E-state index in [1.54, 1.807) is 23.9 Å². The van der Waals surface area contributed by atoms with Gasteiger partial charge in [0.25, 0.3) is 5.91 Å². The van der Waals surface area contributed by atoms with Crippen molar-refractivity contribution in [1.82, 2.24) is 20.0 Å². The highest BCUT2D eigenvalue weighted by Gasteiger charge is 2.22. The molecule has 10 heteroatoms. The van der Waals surface area contributed by atoms with Gasteiger partial charge in [0.05, 0.1) is 34.4 Å². The predicted octanol–water partition coefficient (Wildman–Crippen LogP) is 0.0647. The van der Waals surface area contributed by atoms with Gasteiger partial charge in [-0.05, 0) is 18.6 Å². The van der Waals surface area contributed by atoms with Crippen molar-refractivity contribution in [2.75, 3.05) is 74.7 Å². The zero-order valence-electron chi connectivity index (χ0n) is 18.9. The first-order chi connectivity index (χ1) is 14.8. The van der Waals surface area contributed by atoms with Crippen molar-refractivity contribution in [1.29, 1.82) is 0 Å². The molecule has 1 aromatic rings. The number of nitrogens with one attached hydrogen (secondary N) is 1. The van der Waals surface area contributed by atoms with Crippen molar-refractivity contribution < 1.29 is 28.6 Å². The first-order valence-electron chi connectivity index (χ1n) is 10.1. The first kappa shape index (κ1) is 24.3. The van der Waals surface area contributed by atoms with Gasteiger partial charge in [-0.3, -0.25) is 19.3 Å². The maximum Gasteiger partial charge on any atom is 0.251 e. The van der Waals surface area contributed by atoms with Crippen molar-refractivity contribution in [3.05, 3.63) is 17.7 Å². The Balaban J connectivity index is 1.93. The minimum Gasteiger partial charge on any atom is -0.493 e. The molecular weight excluding hydrogens is 404 g/mol. The van der Waals surface area contributed by atoms with Crippen molar-refractivity contribution >= 4 is 17.7 Å². The molecule has 0 spiro atoms. The summed E-state index contributed by atoms with van der Waals surface area (Å²) in [5, 5.41) is 2.66. The number of ether oxygens (including phenoxy) is 3. The van der Waals surface area contributed by atoms with Gasteiger partial charge in [-0.2, -0.15) is 0 Å². The Bertz CT molecular complexity index is 773. The van der Waals surface area contributed by atoms with Gasteiger partial charge >= 0.3 is 0 Å². The molecule has 1 N–H and O–H groups in total. The van der Waals surface area contributed by atoms with Gasteiger partial charge in [-0.25, -0.2) is 0 Å². The SMILES string of the molecule is COc1cc(C(=O)NCC(=O)N2CCCN(CC(=O)N(C)C)CC2)cc(OC)c1OC. The molecule has 0 aliphatic carbocycles. The third-order valence-electron chi connectivity index (χ3n) is 5.13. The summed E-state index contributed by atoms with van der Waals surface area (Å²) in [5.41, 5.74) is 0.298. The average molecular weight is 437 g/mol. The lowest BCUT2D eigenvalue weighted by Gasteiger charge is -2.23. The number of methoxy groups -OCH3 is 3. The van der Waals surface area contributed by atoms with Crippen molar-refractivity contribution in [3.63, 3.8) is 0 Å². The van der Waals surface area contributed by atoms with Crippen molar-refractivity contribution in [3.8, 4) is 17.2 Å². The summed E-state index contributed by atoms with van der Waals surface area (Å²) in [4.78, 5) is 42.4. The smallest absolute Gasteiger partial charge is 0.251 e. The number of carbonyl (C=O) groups excluding carboxylic acids is 3. The topological polar surface area (TPSA) is 101 Å². The summed E-state index contributed by atoms with van der Waals surface area (Å²) >= 11 is 0. The Labute approximate surface area is 183 Å². The number of amides is 3. The zero-order valence-corrected chi connectivity index (χ0v) is 18.9. The number of nitrogens with zero attached hydrogens (tertiary/aromatic N) is 3. The molecule has 3 amide bonds. The molecule has 0 aromatic heterocycles. The number of benzene rings is 1. The summed E-state index contributed by atoms with van der Waals surface area (Å²) < 4.78 is 15.8. The van der Waals surface area contributed by atoms with Crippen LogP contribution >= 0.6 is 0 Å². The monoisotopic (exact) mass is 436 g/mol. The maximum atomic E-state index is 12.6. The quantitative estimate of drug-likeness (QED) is 0.615. The molecule has 31 heavy (non-hydrogen) atoms. The van der Waals surface area contributed by atoms with Gasteiger partial charge in [0.1, 0.15) is 0 Å². The van der Waals surface area contributed by atoms with Crippen LogP contribution in [0.3, 0.4) is 0 Å². The summed E-state index contributed by atoms with van der Waals surface area (Å²) in [6.07, 6.45) is 0.771. The highest BCUT2D eigenvalue weighted by Crippen LogP contribution is 2.38. The number of hydrogen-bond donors (Lipinski definition) is 1. The van der Waals surface area contributed by atoms with Crippen LogP contribution in [0.5, 0.6) is 17.2 Å².